The van der Waals surface area contributed by atoms with E-state index in [1.54, 1.807) is 0 Å². The molecule has 0 aromatic heterocycles. The Morgan fingerprint density at radius 2 is 1.84 bits per heavy atom. The first-order valence-electron chi connectivity index (χ1n) is 6.72. The standard InChI is InChI=1S/C17H19NS/c1-11-7-8-14(9-12(11)2)19-16-10-13-5-3-4-6-15(13)17(16)18/h3-9,16-17H,10,18H2,1-2H3. The van der Waals surface area contributed by atoms with Gasteiger partial charge >= 0.3 is 0 Å². The summed E-state index contributed by atoms with van der Waals surface area (Å²) in [6, 6.07) is 15.4. The van der Waals surface area contributed by atoms with Crippen molar-refractivity contribution in [2.24, 2.45) is 5.73 Å². The molecule has 0 aliphatic heterocycles. The lowest BCUT2D eigenvalue weighted by atomic mass is 10.1. The number of nitrogens with two attached hydrogens (primary N) is 1. The van der Waals surface area contributed by atoms with Gasteiger partial charge in [0.2, 0.25) is 0 Å². The Bertz CT molecular complexity index is 606. The summed E-state index contributed by atoms with van der Waals surface area (Å²) < 4.78 is 0. The number of hydrogen-bond acceptors (Lipinski definition) is 2. The van der Waals surface area contributed by atoms with Crippen molar-refractivity contribution in [1.29, 1.82) is 0 Å². The molecule has 2 N–H and O–H groups in total. The van der Waals surface area contributed by atoms with Crippen LogP contribution >= 0.6 is 11.8 Å². The minimum atomic E-state index is 0.155. The summed E-state index contributed by atoms with van der Waals surface area (Å²) in [6.07, 6.45) is 1.08. The Labute approximate surface area is 119 Å². The Kier molecular flexibility index (Phi) is 3.38. The fraction of sp³-hybridized carbons (Fsp3) is 0.294. The second kappa shape index (κ2) is 5.03. The average Bonchev–Trinajstić information content (AvgIpc) is 2.72. The molecule has 19 heavy (non-hydrogen) atoms. The predicted octanol–water partition coefficient (Wildman–Crippen LogP) is 4.02. The third-order valence-corrected chi connectivity index (χ3v) is 5.29. The largest absolute Gasteiger partial charge is 0.323 e. The maximum absolute atomic E-state index is 6.39. The van der Waals surface area contributed by atoms with Crippen molar-refractivity contribution < 1.29 is 0 Å². The normalized spacial score (nSPS) is 21.4. The Morgan fingerprint density at radius 3 is 2.58 bits per heavy atom. The highest BCUT2D eigenvalue weighted by atomic mass is 32.2. The molecule has 0 bridgehead atoms. The molecule has 1 nitrogen and oxygen atoms in total. The van der Waals surface area contributed by atoms with Gasteiger partial charge in [-0.2, -0.15) is 0 Å². The molecular formula is C17H19NS. The fourth-order valence-corrected chi connectivity index (χ4v) is 3.96. The maximum Gasteiger partial charge on any atom is 0.0425 e. The molecule has 2 aromatic rings. The number of thioether (sulfide) groups is 1. The maximum atomic E-state index is 6.39. The van der Waals surface area contributed by atoms with Crippen LogP contribution in [0.15, 0.2) is 47.4 Å². The molecule has 2 atom stereocenters. The van der Waals surface area contributed by atoms with Crippen molar-refractivity contribution in [3.63, 3.8) is 0 Å². The van der Waals surface area contributed by atoms with Crippen LogP contribution in [0, 0.1) is 13.8 Å². The van der Waals surface area contributed by atoms with E-state index in [0.717, 1.165) is 6.42 Å². The van der Waals surface area contributed by atoms with E-state index >= 15 is 0 Å². The first kappa shape index (κ1) is 12.8. The van der Waals surface area contributed by atoms with Gasteiger partial charge in [0.15, 0.2) is 0 Å². The van der Waals surface area contributed by atoms with Crippen LogP contribution in [0.3, 0.4) is 0 Å². The SMILES string of the molecule is Cc1ccc(SC2Cc3ccccc3C2N)cc1C. The third-order valence-electron chi connectivity index (χ3n) is 4.00. The lowest BCUT2D eigenvalue weighted by Crippen LogP contribution is -2.18. The highest BCUT2D eigenvalue weighted by Gasteiger charge is 2.29. The molecule has 1 aliphatic carbocycles. The first-order chi connectivity index (χ1) is 9.15. The average molecular weight is 269 g/mol. The van der Waals surface area contributed by atoms with Gasteiger partial charge in [0.05, 0.1) is 0 Å². The smallest absolute Gasteiger partial charge is 0.0425 e. The van der Waals surface area contributed by atoms with Crippen LogP contribution in [0.5, 0.6) is 0 Å². The molecule has 0 heterocycles. The molecule has 0 radical (unpaired) electrons. The van der Waals surface area contributed by atoms with Gasteiger partial charge < -0.3 is 5.73 Å². The van der Waals surface area contributed by atoms with Crippen molar-refractivity contribution in [1.82, 2.24) is 0 Å². The summed E-state index contributed by atoms with van der Waals surface area (Å²) >= 11 is 1.91. The first-order valence-corrected chi connectivity index (χ1v) is 7.60. The summed E-state index contributed by atoms with van der Waals surface area (Å²) in [5.41, 5.74) is 11.8. The molecule has 3 rings (SSSR count). The van der Waals surface area contributed by atoms with Crippen molar-refractivity contribution in [3.05, 3.63) is 64.7 Å². The topological polar surface area (TPSA) is 26.0 Å². The summed E-state index contributed by atoms with van der Waals surface area (Å²) in [5, 5.41) is 0.458. The Hall–Kier alpha value is -1.25. The van der Waals surface area contributed by atoms with E-state index < -0.39 is 0 Å². The quantitative estimate of drug-likeness (QED) is 0.891. The molecule has 0 amide bonds. The summed E-state index contributed by atoms with van der Waals surface area (Å²) in [7, 11) is 0. The van der Waals surface area contributed by atoms with Gasteiger partial charge in [-0.25, -0.2) is 0 Å². The lowest BCUT2D eigenvalue weighted by Gasteiger charge is -2.16. The van der Waals surface area contributed by atoms with Gasteiger partial charge in [0.25, 0.3) is 0 Å². The minimum Gasteiger partial charge on any atom is -0.323 e. The highest BCUT2D eigenvalue weighted by Crippen LogP contribution is 2.40. The van der Waals surface area contributed by atoms with Gasteiger partial charge in [0.1, 0.15) is 0 Å². The molecular weight excluding hydrogens is 250 g/mol. The fourth-order valence-electron chi connectivity index (χ4n) is 2.67. The Balaban J connectivity index is 1.80. The molecule has 2 heteroatoms. The van der Waals surface area contributed by atoms with Crippen LogP contribution in [-0.4, -0.2) is 5.25 Å². The van der Waals surface area contributed by atoms with Crippen LogP contribution in [0.4, 0.5) is 0 Å². The van der Waals surface area contributed by atoms with E-state index in [9.17, 15) is 0 Å². The van der Waals surface area contributed by atoms with E-state index in [-0.39, 0.29) is 6.04 Å². The lowest BCUT2D eigenvalue weighted by molar-refractivity contribution is 0.731. The molecule has 98 valence electrons. The second-order valence-electron chi connectivity index (χ2n) is 5.33. The molecule has 2 aromatic carbocycles. The van der Waals surface area contributed by atoms with Crippen LogP contribution in [0.2, 0.25) is 0 Å². The Morgan fingerprint density at radius 1 is 1.05 bits per heavy atom. The summed E-state index contributed by atoms with van der Waals surface area (Å²) in [6.45, 7) is 4.32. The number of benzene rings is 2. The second-order valence-corrected chi connectivity index (χ2v) is 6.64. The van der Waals surface area contributed by atoms with Crippen LogP contribution in [0.25, 0.3) is 0 Å². The van der Waals surface area contributed by atoms with E-state index in [1.807, 2.05) is 11.8 Å². The molecule has 0 spiro atoms. The molecule has 0 fully saturated rings. The number of hydrogen-bond donors (Lipinski definition) is 1. The number of fused-ring (bicyclic) bond motifs is 1. The number of rotatable bonds is 2. The van der Waals surface area contributed by atoms with Gasteiger partial charge in [-0.3, -0.25) is 0 Å². The van der Waals surface area contributed by atoms with E-state index in [0.29, 0.717) is 5.25 Å². The van der Waals surface area contributed by atoms with E-state index in [2.05, 4.69) is 56.3 Å². The number of aryl methyl sites for hydroxylation is 2. The van der Waals surface area contributed by atoms with Gasteiger partial charge in [0, 0.05) is 16.2 Å². The van der Waals surface area contributed by atoms with E-state index in [4.69, 9.17) is 5.73 Å². The zero-order valence-electron chi connectivity index (χ0n) is 11.4. The summed E-state index contributed by atoms with van der Waals surface area (Å²) in [5.74, 6) is 0. The van der Waals surface area contributed by atoms with Crippen LogP contribution < -0.4 is 5.73 Å². The third kappa shape index (κ3) is 2.43. The predicted molar refractivity (Wildman–Crippen MR) is 82.6 cm³/mol. The van der Waals surface area contributed by atoms with Gasteiger partial charge in [-0.1, -0.05) is 30.3 Å². The molecule has 0 saturated carbocycles. The monoisotopic (exact) mass is 269 g/mol. The zero-order valence-corrected chi connectivity index (χ0v) is 12.2. The van der Waals surface area contributed by atoms with Crippen molar-refractivity contribution in [3.8, 4) is 0 Å². The van der Waals surface area contributed by atoms with Crippen molar-refractivity contribution in [2.45, 2.75) is 36.5 Å². The van der Waals surface area contributed by atoms with E-state index in [1.165, 1.54) is 27.1 Å². The van der Waals surface area contributed by atoms with Gasteiger partial charge in [-0.15, -0.1) is 11.8 Å². The highest BCUT2D eigenvalue weighted by molar-refractivity contribution is 8.00. The summed E-state index contributed by atoms with van der Waals surface area (Å²) in [4.78, 5) is 1.33. The van der Waals surface area contributed by atoms with Crippen molar-refractivity contribution in [2.75, 3.05) is 0 Å². The van der Waals surface area contributed by atoms with Crippen molar-refractivity contribution >= 4 is 11.8 Å². The van der Waals surface area contributed by atoms with Crippen LogP contribution in [0.1, 0.15) is 28.3 Å². The minimum absolute atomic E-state index is 0.155. The molecule has 0 saturated heterocycles. The van der Waals surface area contributed by atoms with Gasteiger partial charge in [-0.05, 0) is 54.7 Å². The van der Waals surface area contributed by atoms with Crippen LogP contribution in [-0.2, 0) is 6.42 Å². The zero-order chi connectivity index (χ0) is 13.4. The molecule has 2 unspecified atom stereocenters. The molecule has 1 aliphatic rings.